The number of aromatic amines is 2. The van der Waals surface area contributed by atoms with Gasteiger partial charge in [0.25, 0.3) is 0 Å². The summed E-state index contributed by atoms with van der Waals surface area (Å²) in [6.07, 6.45) is 5.30. The maximum Gasteiger partial charge on any atom is 0.242 e. The number of rotatable bonds is 5. The van der Waals surface area contributed by atoms with Crippen LogP contribution >= 0.6 is 0 Å². The first-order chi connectivity index (χ1) is 10.1. The van der Waals surface area contributed by atoms with Gasteiger partial charge in [0.2, 0.25) is 10.0 Å². The van der Waals surface area contributed by atoms with Crippen molar-refractivity contribution in [2.45, 2.75) is 11.3 Å². The lowest BCUT2D eigenvalue weighted by atomic mass is 10.2. The van der Waals surface area contributed by atoms with Gasteiger partial charge in [-0.1, -0.05) is 0 Å². The van der Waals surface area contributed by atoms with Crippen molar-refractivity contribution >= 4 is 26.6 Å². The Hall–Kier alpha value is -2.32. The number of hydrogen-bond donors (Lipinski definition) is 4. The molecule has 0 unspecified atom stereocenters. The maximum atomic E-state index is 12.3. The number of aromatic nitrogens is 3. The van der Waals surface area contributed by atoms with Crippen LogP contribution in [-0.4, -0.2) is 29.9 Å². The zero-order valence-electron chi connectivity index (χ0n) is 11.1. The fraction of sp³-hybridized carbons (Fsp3) is 0.154. The van der Waals surface area contributed by atoms with Crippen LogP contribution < -0.4 is 10.5 Å². The van der Waals surface area contributed by atoms with E-state index < -0.39 is 10.0 Å². The molecule has 3 rings (SSSR count). The Bertz CT molecular complexity index is 852. The molecule has 7 nitrogen and oxygen atoms in total. The van der Waals surface area contributed by atoms with Gasteiger partial charge in [-0.2, -0.15) is 0 Å². The molecule has 0 fully saturated rings. The van der Waals surface area contributed by atoms with Crippen LogP contribution in [0.3, 0.4) is 0 Å². The minimum absolute atomic E-state index is 0.198. The average Bonchev–Trinajstić information content (AvgIpc) is 3.07. The molecule has 0 spiro atoms. The van der Waals surface area contributed by atoms with Crippen molar-refractivity contribution in [1.29, 1.82) is 0 Å². The van der Waals surface area contributed by atoms with Crippen LogP contribution in [-0.2, 0) is 16.4 Å². The zero-order chi connectivity index (χ0) is 14.9. The number of nitrogen functional groups attached to an aromatic ring is 1. The third kappa shape index (κ3) is 2.76. The molecule has 0 amide bonds. The molecule has 0 atom stereocenters. The molecule has 0 aliphatic heterocycles. The highest BCUT2D eigenvalue weighted by Gasteiger charge is 2.18. The predicted molar refractivity (Wildman–Crippen MR) is 80.2 cm³/mol. The van der Waals surface area contributed by atoms with E-state index >= 15 is 0 Å². The van der Waals surface area contributed by atoms with Crippen LogP contribution in [0.4, 0.5) is 5.69 Å². The fourth-order valence-corrected chi connectivity index (χ4v) is 3.35. The zero-order valence-corrected chi connectivity index (χ0v) is 11.9. The van der Waals surface area contributed by atoms with E-state index in [9.17, 15) is 8.42 Å². The summed E-state index contributed by atoms with van der Waals surface area (Å²) < 4.78 is 27.3. The summed E-state index contributed by atoms with van der Waals surface area (Å²) in [7, 11) is -3.59. The van der Waals surface area contributed by atoms with Gasteiger partial charge >= 0.3 is 0 Å². The molecule has 0 aliphatic rings. The van der Waals surface area contributed by atoms with Crippen LogP contribution in [0.5, 0.6) is 0 Å². The van der Waals surface area contributed by atoms with Gasteiger partial charge in [0.05, 0.1) is 0 Å². The molecule has 3 aromatic rings. The third-order valence-electron chi connectivity index (χ3n) is 3.17. The van der Waals surface area contributed by atoms with Gasteiger partial charge in [-0.05, 0) is 18.2 Å². The van der Waals surface area contributed by atoms with Gasteiger partial charge in [-0.15, -0.1) is 0 Å². The van der Waals surface area contributed by atoms with Gasteiger partial charge in [0.1, 0.15) is 10.7 Å². The summed E-state index contributed by atoms with van der Waals surface area (Å²) in [4.78, 5) is 10.1. The number of nitrogens with two attached hydrogens (primary N) is 1. The number of nitrogens with one attached hydrogen (secondary N) is 3. The Morgan fingerprint density at radius 2 is 2.14 bits per heavy atom. The first kappa shape index (κ1) is 13.7. The van der Waals surface area contributed by atoms with Crippen LogP contribution in [0.25, 0.3) is 10.9 Å². The summed E-state index contributed by atoms with van der Waals surface area (Å²) in [5, 5.41) is 0.584. The second-order valence-electron chi connectivity index (χ2n) is 4.64. The molecule has 0 bridgehead atoms. The largest absolute Gasteiger partial charge is 0.399 e. The number of benzene rings is 1. The van der Waals surface area contributed by atoms with Gasteiger partial charge in [0, 0.05) is 48.1 Å². The molecular weight excluding hydrogens is 290 g/mol. The molecule has 21 heavy (non-hydrogen) atoms. The molecule has 2 aromatic heterocycles. The van der Waals surface area contributed by atoms with Crippen LogP contribution in [0, 0.1) is 0 Å². The minimum Gasteiger partial charge on any atom is -0.399 e. The first-order valence-corrected chi connectivity index (χ1v) is 7.89. The summed E-state index contributed by atoms with van der Waals surface area (Å²) >= 11 is 0. The quantitative estimate of drug-likeness (QED) is 0.526. The highest BCUT2D eigenvalue weighted by Crippen LogP contribution is 2.24. The SMILES string of the molecule is Nc1ccc2[nH]cc(S(=O)(=O)NCCc3ncc[nH]3)c2c1. The normalized spacial score (nSPS) is 12.0. The van der Waals surface area contributed by atoms with E-state index in [0.29, 0.717) is 17.5 Å². The third-order valence-corrected chi connectivity index (χ3v) is 4.67. The van der Waals surface area contributed by atoms with Crippen LogP contribution in [0.1, 0.15) is 5.82 Å². The van der Waals surface area contributed by atoms with E-state index in [2.05, 4.69) is 19.7 Å². The molecule has 5 N–H and O–H groups in total. The summed E-state index contributed by atoms with van der Waals surface area (Å²) in [6, 6.07) is 5.12. The number of anilines is 1. The van der Waals surface area contributed by atoms with E-state index in [1.165, 1.54) is 6.20 Å². The smallest absolute Gasteiger partial charge is 0.242 e. The van der Waals surface area contributed by atoms with Gasteiger partial charge in [-0.3, -0.25) is 0 Å². The van der Waals surface area contributed by atoms with Crippen molar-refractivity contribution in [1.82, 2.24) is 19.7 Å². The Morgan fingerprint density at radius 3 is 2.90 bits per heavy atom. The van der Waals surface area contributed by atoms with Crippen molar-refractivity contribution in [3.63, 3.8) is 0 Å². The van der Waals surface area contributed by atoms with Gasteiger partial charge in [0.15, 0.2) is 0 Å². The molecule has 0 saturated carbocycles. The van der Waals surface area contributed by atoms with Gasteiger partial charge in [-0.25, -0.2) is 18.1 Å². The number of hydrogen-bond acceptors (Lipinski definition) is 4. The summed E-state index contributed by atoms with van der Waals surface area (Å²) in [5.41, 5.74) is 6.97. The highest BCUT2D eigenvalue weighted by atomic mass is 32.2. The number of H-pyrrole nitrogens is 2. The topological polar surface area (TPSA) is 117 Å². The lowest BCUT2D eigenvalue weighted by Gasteiger charge is -2.05. The first-order valence-electron chi connectivity index (χ1n) is 6.41. The number of sulfonamides is 1. The maximum absolute atomic E-state index is 12.3. The van der Waals surface area contributed by atoms with Crippen molar-refractivity contribution in [3.05, 3.63) is 42.6 Å². The molecule has 0 aliphatic carbocycles. The summed E-state index contributed by atoms with van der Waals surface area (Å²) in [6.45, 7) is 0.269. The lowest BCUT2D eigenvalue weighted by Crippen LogP contribution is -2.26. The van der Waals surface area contributed by atoms with Crippen molar-refractivity contribution in [3.8, 4) is 0 Å². The number of nitrogens with zero attached hydrogens (tertiary/aromatic N) is 1. The van der Waals surface area contributed by atoms with E-state index in [4.69, 9.17) is 5.73 Å². The number of fused-ring (bicyclic) bond motifs is 1. The molecule has 110 valence electrons. The Balaban J connectivity index is 1.81. The molecule has 0 saturated heterocycles. The van der Waals surface area contributed by atoms with E-state index in [-0.39, 0.29) is 11.4 Å². The van der Waals surface area contributed by atoms with Crippen LogP contribution in [0.15, 0.2) is 41.7 Å². The van der Waals surface area contributed by atoms with Crippen molar-refractivity contribution < 1.29 is 8.42 Å². The number of imidazole rings is 1. The van der Waals surface area contributed by atoms with Crippen molar-refractivity contribution in [2.24, 2.45) is 0 Å². The van der Waals surface area contributed by atoms with Crippen LogP contribution in [0.2, 0.25) is 0 Å². The predicted octanol–water partition coefficient (Wildman–Crippen LogP) is 0.994. The summed E-state index contributed by atoms with van der Waals surface area (Å²) in [5.74, 6) is 0.737. The standard InChI is InChI=1S/C13H15N5O2S/c14-9-1-2-11-10(7-9)12(8-17-11)21(19,20)18-4-3-13-15-5-6-16-13/h1-2,5-8,17-18H,3-4,14H2,(H,15,16). The Kier molecular flexibility index (Phi) is 3.40. The molecule has 8 heteroatoms. The lowest BCUT2D eigenvalue weighted by molar-refractivity contribution is 0.582. The van der Waals surface area contributed by atoms with Gasteiger partial charge < -0.3 is 15.7 Å². The molecule has 1 aromatic carbocycles. The highest BCUT2D eigenvalue weighted by molar-refractivity contribution is 7.89. The minimum atomic E-state index is -3.59. The Morgan fingerprint density at radius 1 is 1.29 bits per heavy atom. The monoisotopic (exact) mass is 305 g/mol. The second-order valence-corrected chi connectivity index (χ2v) is 6.38. The van der Waals surface area contributed by atoms with E-state index in [1.54, 1.807) is 30.6 Å². The Labute approximate surface area is 121 Å². The van der Waals surface area contributed by atoms with E-state index in [0.717, 1.165) is 11.3 Å². The average molecular weight is 305 g/mol. The molecular formula is C13H15N5O2S. The van der Waals surface area contributed by atoms with E-state index in [1.807, 2.05) is 0 Å². The molecule has 2 heterocycles. The fourth-order valence-electron chi connectivity index (χ4n) is 2.15. The van der Waals surface area contributed by atoms with Crippen molar-refractivity contribution in [2.75, 3.05) is 12.3 Å². The molecule has 0 radical (unpaired) electrons. The second kappa shape index (κ2) is 5.23.